The summed E-state index contributed by atoms with van der Waals surface area (Å²) >= 11 is 0. The van der Waals surface area contributed by atoms with Crippen LogP contribution in [0.1, 0.15) is 62.8 Å². The molecular formula is C16H25N3. The predicted octanol–water partition coefficient (Wildman–Crippen LogP) is 4.34. The number of unbranched alkanes of at least 4 members (excludes halogenated alkanes) is 3. The molecule has 0 saturated carbocycles. The van der Waals surface area contributed by atoms with Crippen LogP contribution in [0.15, 0.2) is 6.07 Å². The summed E-state index contributed by atoms with van der Waals surface area (Å²) in [6.07, 6.45) is 6.21. The second-order valence-electron chi connectivity index (χ2n) is 5.31. The maximum absolute atomic E-state index is 9.22. The molecule has 1 aromatic heterocycles. The molecule has 1 aromatic rings. The molecule has 1 atom stereocenters. The number of hydrogen-bond donors (Lipinski definition) is 1. The Hall–Kier alpha value is -1.56. The van der Waals surface area contributed by atoms with E-state index >= 15 is 0 Å². The van der Waals surface area contributed by atoms with Crippen molar-refractivity contribution in [1.82, 2.24) is 4.98 Å². The molecule has 104 valence electrons. The average molecular weight is 259 g/mol. The lowest BCUT2D eigenvalue weighted by molar-refractivity contribution is 0.593. The number of anilines is 1. The van der Waals surface area contributed by atoms with Gasteiger partial charge >= 0.3 is 0 Å². The van der Waals surface area contributed by atoms with Gasteiger partial charge in [-0.05, 0) is 38.8 Å². The Morgan fingerprint density at radius 3 is 2.68 bits per heavy atom. The molecule has 19 heavy (non-hydrogen) atoms. The third-order valence-electron chi connectivity index (χ3n) is 3.33. The van der Waals surface area contributed by atoms with E-state index in [0.29, 0.717) is 11.6 Å². The van der Waals surface area contributed by atoms with Crippen molar-refractivity contribution >= 4 is 5.82 Å². The van der Waals surface area contributed by atoms with E-state index in [-0.39, 0.29) is 0 Å². The normalized spacial score (nSPS) is 11.9. The molecule has 0 saturated heterocycles. The first-order chi connectivity index (χ1) is 9.08. The van der Waals surface area contributed by atoms with Crippen molar-refractivity contribution in [3.05, 3.63) is 22.9 Å². The lowest BCUT2D eigenvalue weighted by Gasteiger charge is -2.16. The van der Waals surface area contributed by atoms with Crippen LogP contribution in [0, 0.1) is 25.2 Å². The standard InChI is InChI=1S/C16H25N3/c1-5-6-7-8-9-13(3)18-16-15(11-17)12(2)10-14(4)19-16/h10,13H,5-9H2,1-4H3,(H,18,19). The Kier molecular flexibility index (Phi) is 6.35. The molecule has 0 aliphatic rings. The van der Waals surface area contributed by atoms with Crippen molar-refractivity contribution in [3.63, 3.8) is 0 Å². The molecule has 0 spiro atoms. The molecule has 1 unspecified atom stereocenters. The first-order valence-corrected chi connectivity index (χ1v) is 7.23. The first kappa shape index (κ1) is 15.5. The van der Waals surface area contributed by atoms with Crippen LogP contribution < -0.4 is 5.32 Å². The second kappa shape index (κ2) is 7.78. The highest BCUT2D eigenvalue weighted by Crippen LogP contribution is 2.19. The van der Waals surface area contributed by atoms with Crippen molar-refractivity contribution in [1.29, 1.82) is 5.26 Å². The monoisotopic (exact) mass is 259 g/mol. The third-order valence-corrected chi connectivity index (χ3v) is 3.33. The summed E-state index contributed by atoms with van der Waals surface area (Å²) in [4.78, 5) is 4.46. The molecular weight excluding hydrogens is 234 g/mol. The Balaban J connectivity index is 2.63. The molecule has 3 heteroatoms. The maximum atomic E-state index is 9.22. The Morgan fingerprint density at radius 1 is 1.32 bits per heavy atom. The molecule has 0 radical (unpaired) electrons. The topological polar surface area (TPSA) is 48.7 Å². The fraction of sp³-hybridized carbons (Fsp3) is 0.625. The molecule has 0 amide bonds. The van der Waals surface area contributed by atoms with Crippen LogP contribution in [0.3, 0.4) is 0 Å². The number of rotatable bonds is 7. The van der Waals surface area contributed by atoms with Gasteiger partial charge in [0.1, 0.15) is 11.9 Å². The fourth-order valence-corrected chi connectivity index (χ4v) is 2.27. The zero-order valence-electron chi connectivity index (χ0n) is 12.6. The van der Waals surface area contributed by atoms with E-state index in [0.717, 1.165) is 23.5 Å². The van der Waals surface area contributed by atoms with E-state index in [1.807, 2.05) is 19.9 Å². The summed E-state index contributed by atoms with van der Waals surface area (Å²) < 4.78 is 0. The molecule has 1 heterocycles. The summed E-state index contributed by atoms with van der Waals surface area (Å²) in [5.74, 6) is 0.739. The van der Waals surface area contributed by atoms with Gasteiger partial charge in [-0.25, -0.2) is 4.98 Å². The molecule has 3 nitrogen and oxygen atoms in total. The molecule has 0 bridgehead atoms. The maximum Gasteiger partial charge on any atom is 0.144 e. The number of aromatic nitrogens is 1. The Morgan fingerprint density at radius 2 is 2.05 bits per heavy atom. The van der Waals surface area contributed by atoms with E-state index in [1.54, 1.807) is 0 Å². The van der Waals surface area contributed by atoms with Crippen LogP contribution in [-0.2, 0) is 0 Å². The van der Waals surface area contributed by atoms with Gasteiger partial charge in [0.15, 0.2) is 0 Å². The van der Waals surface area contributed by atoms with Crippen molar-refractivity contribution in [2.75, 3.05) is 5.32 Å². The van der Waals surface area contributed by atoms with Crippen molar-refractivity contribution in [2.24, 2.45) is 0 Å². The largest absolute Gasteiger partial charge is 0.367 e. The predicted molar refractivity (Wildman–Crippen MR) is 80.3 cm³/mol. The van der Waals surface area contributed by atoms with Gasteiger partial charge in [0.05, 0.1) is 5.56 Å². The van der Waals surface area contributed by atoms with E-state index in [4.69, 9.17) is 0 Å². The number of pyridine rings is 1. The summed E-state index contributed by atoms with van der Waals surface area (Å²) in [7, 11) is 0. The number of hydrogen-bond acceptors (Lipinski definition) is 3. The fourth-order valence-electron chi connectivity index (χ4n) is 2.27. The smallest absolute Gasteiger partial charge is 0.144 e. The number of nitrogens with zero attached hydrogens (tertiary/aromatic N) is 2. The lowest BCUT2D eigenvalue weighted by atomic mass is 10.1. The van der Waals surface area contributed by atoms with Crippen LogP contribution in [0.5, 0.6) is 0 Å². The zero-order chi connectivity index (χ0) is 14.3. The summed E-state index contributed by atoms with van der Waals surface area (Å²) in [6, 6.07) is 4.56. The average Bonchev–Trinajstić information content (AvgIpc) is 2.34. The van der Waals surface area contributed by atoms with Crippen molar-refractivity contribution in [2.45, 2.75) is 65.8 Å². The van der Waals surface area contributed by atoms with Crippen LogP contribution in [-0.4, -0.2) is 11.0 Å². The van der Waals surface area contributed by atoms with Crippen molar-refractivity contribution < 1.29 is 0 Å². The Bertz CT molecular complexity index is 446. The van der Waals surface area contributed by atoms with Gasteiger partial charge in [-0.3, -0.25) is 0 Å². The number of aryl methyl sites for hydroxylation is 2. The molecule has 0 aromatic carbocycles. The van der Waals surface area contributed by atoms with E-state index in [1.165, 1.54) is 25.7 Å². The molecule has 0 aliphatic carbocycles. The molecule has 1 N–H and O–H groups in total. The van der Waals surface area contributed by atoms with Gasteiger partial charge in [-0.15, -0.1) is 0 Å². The number of nitriles is 1. The summed E-state index contributed by atoms with van der Waals surface area (Å²) in [5.41, 5.74) is 2.62. The van der Waals surface area contributed by atoms with E-state index < -0.39 is 0 Å². The van der Waals surface area contributed by atoms with Gasteiger partial charge in [0.2, 0.25) is 0 Å². The third kappa shape index (κ3) is 4.90. The van der Waals surface area contributed by atoms with Crippen LogP contribution in [0.4, 0.5) is 5.82 Å². The minimum Gasteiger partial charge on any atom is -0.367 e. The van der Waals surface area contributed by atoms with E-state index in [9.17, 15) is 5.26 Å². The van der Waals surface area contributed by atoms with Crippen molar-refractivity contribution in [3.8, 4) is 6.07 Å². The van der Waals surface area contributed by atoms with Crippen LogP contribution >= 0.6 is 0 Å². The highest BCUT2D eigenvalue weighted by Gasteiger charge is 2.10. The Labute approximate surface area is 117 Å². The van der Waals surface area contributed by atoms with Crippen LogP contribution in [0.2, 0.25) is 0 Å². The van der Waals surface area contributed by atoms with Gasteiger partial charge < -0.3 is 5.32 Å². The molecule has 0 aliphatic heterocycles. The molecule has 0 fully saturated rings. The minimum atomic E-state index is 0.359. The van der Waals surface area contributed by atoms with Gasteiger partial charge in [-0.1, -0.05) is 32.6 Å². The van der Waals surface area contributed by atoms with Gasteiger partial charge in [0, 0.05) is 11.7 Å². The van der Waals surface area contributed by atoms with Gasteiger partial charge in [0.25, 0.3) is 0 Å². The highest BCUT2D eigenvalue weighted by atomic mass is 15.0. The number of nitrogens with one attached hydrogen (secondary N) is 1. The highest BCUT2D eigenvalue weighted by molar-refractivity contribution is 5.56. The first-order valence-electron chi connectivity index (χ1n) is 7.23. The quantitative estimate of drug-likeness (QED) is 0.741. The van der Waals surface area contributed by atoms with E-state index in [2.05, 4.69) is 30.2 Å². The molecule has 1 rings (SSSR count). The lowest BCUT2D eigenvalue weighted by Crippen LogP contribution is -2.17. The SMILES string of the molecule is CCCCCCC(C)Nc1nc(C)cc(C)c1C#N. The minimum absolute atomic E-state index is 0.359. The van der Waals surface area contributed by atoms with Crippen LogP contribution in [0.25, 0.3) is 0 Å². The summed E-state index contributed by atoms with van der Waals surface area (Å²) in [6.45, 7) is 8.31. The summed E-state index contributed by atoms with van der Waals surface area (Å²) in [5, 5.41) is 12.6. The van der Waals surface area contributed by atoms with Gasteiger partial charge in [-0.2, -0.15) is 5.26 Å². The zero-order valence-corrected chi connectivity index (χ0v) is 12.6. The second-order valence-corrected chi connectivity index (χ2v) is 5.31.